The number of ether oxygens (including phenoxy) is 2. The molecule has 9 heteroatoms. The fourth-order valence-electron chi connectivity index (χ4n) is 3.24. The van der Waals surface area contributed by atoms with Crippen LogP contribution in [0.1, 0.15) is 17.7 Å². The van der Waals surface area contributed by atoms with E-state index in [0.29, 0.717) is 0 Å². The van der Waals surface area contributed by atoms with Gasteiger partial charge in [0.25, 0.3) is 0 Å². The minimum atomic E-state index is 0. The standard InChI is InChI=1S/C21H30N6O2.HI/c1-15-13-25-27(14-15)9-8-24-21(22-2)23-7-5-6-16-10-18-19(26-16)11-17(28-3)12-20(18)29-4;/h10-14,26H,5-9H2,1-4H3,(H2,22,23,24);1H. The third kappa shape index (κ3) is 6.28. The molecule has 0 radical (unpaired) electrons. The second-order valence-corrected chi connectivity index (χ2v) is 6.90. The summed E-state index contributed by atoms with van der Waals surface area (Å²) in [6.45, 7) is 4.44. The maximum absolute atomic E-state index is 5.48. The molecule has 0 fully saturated rings. The SMILES string of the molecule is CN=C(NCCCc1cc2c(OC)cc(OC)cc2[nH]1)NCCn1cc(C)cn1.I. The number of aryl methyl sites for hydroxylation is 2. The Morgan fingerprint density at radius 1 is 1.17 bits per heavy atom. The number of rotatable bonds is 9. The van der Waals surface area contributed by atoms with Gasteiger partial charge in [-0.25, -0.2) is 0 Å². The average molecular weight is 526 g/mol. The van der Waals surface area contributed by atoms with E-state index in [9.17, 15) is 0 Å². The molecule has 0 amide bonds. The molecule has 0 unspecified atom stereocenters. The van der Waals surface area contributed by atoms with Crippen molar-refractivity contribution in [3.05, 3.63) is 41.9 Å². The van der Waals surface area contributed by atoms with Crippen LogP contribution in [0, 0.1) is 6.92 Å². The molecule has 2 aromatic heterocycles. The van der Waals surface area contributed by atoms with Gasteiger partial charge in [0, 0.05) is 49.5 Å². The van der Waals surface area contributed by atoms with Gasteiger partial charge in [0.2, 0.25) is 0 Å². The summed E-state index contributed by atoms with van der Waals surface area (Å²) >= 11 is 0. The fraction of sp³-hybridized carbons (Fsp3) is 0.429. The molecule has 0 aliphatic heterocycles. The summed E-state index contributed by atoms with van der Waals surface area (Å²) in [5.41, 5.74) is 3.36. The molecule has 0 saturated carbocycles. The third-order valence-electron chi connectivity index (χ3n) is 4.72. The number of halogens is 1. The van der Waals surface area contributed by atoms with Crippen LogP contribution in [0.4, 0.5) is 0 Å². The van der Waals surface area contributed by atoms with E-state index in [1.54, 1.807) is 21.3 Å². The van der Waals surface area contributed by atoms with Gasteiger partial charge in [-0.2, -0.15) is 5.10 Å². The van der Waals surface area contributed by atoms with Crippen molar-refractivity contribution in [3.63, 3.8) is 0 Å². The van der Waals surface area contributed by atoms with Crippen LogP contribution in [0.3, 0.4) is 0 Å². The van der Waals surface area contributed by atoms with Crippen LogP contribution >= 0.6 is 24.0 Å². The van der Waals surface area contributed by atoms with Gasteiger partial charge < -0.3 is 25.1 Å². The van der Waals surface area contributed by atoms with E-state index in [2.05, 4.69) is 31.8 Å². The predicted molar refractivity (Wildman–Crippen MR) is 131 cm³/mol. The van der Waals surface area contributed by atoms with E-state index in [0.717, 1.165) is 60.8 Å². The second kappa shape index (κ2) is 11.7. The van der Waals surface area contributed by atoms with Crippen LogP contribution in [0.2, 0.25) is 0 Å². The Morgan fingerprint density at radius 2 is 1.97 bits per heavy atom. The summed E-state index contributed by atoms with van der Waals surface area (Å²) in [5, 5.41) is 12.0. The Morgan fingerprint density at radius 3 is 2.63 bits per heavy atom. The van der Waals surface area contributed by atoms with E-state index in [-0.39, 0.29) is 24.0 Å². The molecule has 0 saturated heterocycles. The van der Waals surface area contributed by atoms with Crippen molar-refractivity contribution >= 4 is 40.8 Å². The Kier molecular flexibility index (Phi) is 9.28. The lowest BCUT2D eigenvalue weighted by atomic mass is 10.2. The molecule has 0 bridgehead atoms. The van der Waals surface area contributed by atoms with E-state index < -0.39 is 0 Å². The zero-order valence-corrected chi connectivity index (χ0v) is 20.3. The first-order chi connectivity index (χ1) is 14.1. The number of methoxy groups -OCH3 is 2. The molecule has 3 aromatic rings. The Balaban J connectivity index is 0.00000320. The van der Waals surface area contributed by atoms with E-state index >= 15 is 0 Å². The molecule has 3 N–H and O–H groups in total. The van der Waals surface area contributed by atoms with Crippen LogP contribution in [-0.2, 0) is 13.0 Å². The van der Waals surface area contributed by atoms with Crippen LogP contribution in [0.25, 0.3) is 10.9 Å². The number of hydrogen-bond acceptors (Lipinski definition) is 4. The second-order valence-electron chi connectivity index (χ2n) is 6.90. The summed E-state index contributed by atoms with van der Waals surface area (Å²) < 4.78 is 12.7. The van der Waals surface area contributed by atoms with Gasteiger partial charge in [-0.15, -0.1) is 24.0 Å². The molecule has 1 aromatic carbocycles. The predicted octanol–water partition coefficient (Wildman–Crippen LogP) is 3.11. The van der Waals surface area contributed by atoms with Crippen LogP contribution in [0.15, 0.2) is 35.6 Å². The van der Waals surface area contributed by atoms with E-state index in [1.165, 1.54) is 11.3 Å². The minimum absolute atomic E-state index is 0. The Hall–Kier alpha value is -2.43. The van der Waals surface area contributed by atoms with Crippen molar-refractivity contribution in [2.45, 2.75) is 26.3 Å². The smallest absolute Gasteiger partial charge is 0.191 e. The first-order valence-electron chi connectivity index (χ1n) is 9.80. The van der Waals surface area contributed by atoms with Gasteiger partial charge >= 0.3 is 0 Å². The lowest BCUT2D eigenvalue weighted by molar-refractivity contribution is 0.398. The number of benzene rings is 1. The van der Waals surface area contributed by atoms with E-state index in [4.69, 9.17) is 9.47 Å². The molecule has 0 atom stereocenters. The van der Waals surface area contributed by atoms with Crippen molar-refractivity contribution in [2.75, 3.05) is 34.4 Å². The number of aromatic nitrogens is 3. The van der Waals surface area contributed by atoms with Crippen LogP contribution in [-0.4, -0.2) is 55.1 Å². The van der Waals surface area contributed by atoms with Crippen LogP contribution in [0.5, 0.6) is 11.5 Å². The van der Waals surface area contributed by atoms with Crippen molar-refractivity contribution in [3.8, 4) is 11.5 Å². The Labute approximate surface area is 194 Å². The highest BCUT2D eigenvalue weighted by molar-refractivity contribution is 14.0. The normalized spacial score (nSPS) is 11.3. The summed E-state index contributed by atoms with van der Waals surface area (Å²) in [5.74, 6) is 2.40. The Bertz CT molecular complexity index is 966. The van der Waals surface area contributed by atoms with Gasteiger partial charge in [-0.05, 0) is 31.4 Å². The number of aliphatic imine (C=N–C) groups is 1. The highest BCUT2D eigenvalue weighted by Crippen LogP contribution is 2.31. The van der Waals surface area contributed by atoms with Crippen molar-refractivity contribution < 1.29 is 9.47 Å². The number of hydrogen-bond donors (Lipinski definition) is 3. The number of nitrogens with one attached hydrogen (secondary N) is 3. The zero-order valence-electron chi connectivity index (χ0n) is 18.0. The minimum Gasteiger partial charge on any atom is -0.497 e. The lowest BCUT2D eigenvalue weighted by Crippen LogP contribution is -2.39. The number of nitrogens with zero attached hydrogens (tertiary/aromatic N) is 3. The maximum atomic E-state index is 5.48. The summed E-state index contributed by atoms with van der Waals surface area (Å²) in [7, 11) is 5.12. The highest BCUT2D eigenvalue weighted by Gasteiger charge is 2.09. The van der Waals surface area contributed by atoms with Gasteiger partial charge in [-0.1, -0.05) is 0 Å². The maximum Gasteiger partial charge on any atom is 0.191 e. The molecule has 164 valence electrons. The van der Waals surface area contributed by atoms with Gasteiger partial charge in [-0.3, -0.25) is 9.67 Å². The molecule has 0 spiro atoms. The molecule has 0 aliphatic rings. The highest BCUT2D eigenvalue weighted by atomic mass is 127. The molecule has 2 heterocycles. The lowest BCUT2D eigenvalue weighted by Gasteiger charge is -2.11. The molecule has 0 aliphatic carbocycles. The van der Waals surface area contributed by atoms with Gasteiger partial charge in [0.15, 0.2) is 5.96 Å². The first-order valence-corrected chi connectivity index (χ1v) is 9.80. The number of H-pyrrole nitrogens is 1. The van der Waals surface area contributed by atoms with Crippen molar-refractivity contribution in [2.24, 2.45) is 4.99 Å². The number of fused-ring (bicyclic) bond motifs is 1. The zero-order chi connectivity index (χ0) is 20.6. The molecular formula is C21H31IN6O2. The summed E-state index contributed by atoms with van der Waals surface area (Å²) in [4.78, 5) is 7.73. The van der Waals surface area contributed by atoms with Gasteiger partial charge in [0.1, 0.15) is 11.5 Å². The van der Waals surface area contributed by atoms with Gasteiger partial charge in [0.05, 0.1) is 32.5 Å². The van der Waals surface area contributed by atoms with Crippen molar-refractivity contribution in [1.29, 1.82) is 0 Å². The molecule has 8 nitrogen and oxygen atoms in total. The van der Waals surface area contributed by atoms with E-state index in [1.807, 2.05) is 36.1 Å². The molecule has 3 rings (SSSR count). The molecular weight excluding hydrogens is 495 g/mol. The monoisotopic (exact) mass is 526 g/mol. The van der Waals surface area contributed by atoms with Crippen molar-refractivity contribution in [1.82, 2.24) is 25.4 Å². The topological polar surface area (TPSA) is 88.5 Å². The number of guanidine groups is 1. The third-order valence-corrected chi connectivity index (χ3v) is 4.72. The van der Waals surface area contributed by atoms with Crippen LogP contribution < -0.4 is 20.1 Å². The fourth-order valence-corrected chi connectivity index (χ4v) is 3.24. The quantitative estimate of drug-likeness (QED) is 0.173. The average Bonchev–Trinajstić information content (AvgIpc) is 3.34. The molecule has 30 heavy (non-hydrogen) atoms. The first kappa shape index (κ1) is 23.8. The summed E-state index contributed by atoms with van der Waals surface area (Å²) in [6, 6.07) is 6.04. The summed E-state index contributed by atoms with van der Waals surface area (Å²) in [6.07, 6.45) is 5.80. The largest absolute Gasteiger partial charge is 0.497 e. The number of aromatic amines is 1.